The van der Waals surface area contributed by atoms with Crippen LogP contribution < -0.4 is 0 Å². The average molecular weight is 156 g/mol. The van der Waals surface area contributed by atoms with E-state index in [1.165, 1.54) is 6.08 Å². The maximum atomic E-state index is 10.6. The Balaban J connectivity index is 2.21. The molecule has 3 nitrogen and oxygen atoms in total. The SMILES string of the molecule is C=CC(=O)OCC1(C)COC1. The predicted octanol–water partition coefficient (Wildman–Crippen LogP) is 0.752. The minimum atomic E-state index is -0.363. The third kappa shape index (κ3) is 2.05. The standard InChI is InChI=1S/C8H12O3/c1-3-7(9)11-6-8(2)4-10-5-8/h3H,1,4-6H2,2H3. The summed E-state index contributed by atoms with van der Waals surface area (Å²) in [7, 11) is 0. The van der Waals surface area contributed by atoms with Crippen molar-refractivity contribution in [3.8, 4) is 0 Å². The first-order valence-electron chi connectivity index (χ1n) is 3.53. The number of carbonyl (C=O) groups is 1. The summed E-state index contributed by atoms with van der Waals surface area (Å²) in [5.74, 6) is -0.363. The summed E-state index contributed by atoms with van der Waals surface area (Å²) in [6, 6.07) is 0. The van der Waals surface area contributed by atoms with Gasteiger partial charge in [0.05, 0.1) is 13.2 Å². The highest BCUT2D eigenvalue weighted by molar-refractivity contribution is 5.81. The van der Waals surface area contributed by atoms with Gasteiger partial charge in [-0.3, -0.25) is 0 Å². The number of carbonyl (C=O) groups excluding carboxylic acids is 1. The molecule has 1 heterocycles. The van der Waals surface area contributed by atoms with Crippen molar-refractivity contribution in [1.29, 1.82) is 0 Å². The molecule has 0 aromatic carbocycles. The van der Waals surface area contributed by atoms with E-state index in [1.807, 2.05) is 6.92 Å². The molecule has 0 N–H and O–H groups in total. The summed E-state index contributed by atoms with van der Waals surface area (Å²) in [6.45, 7) is 7.10. The third-order valence-corrected chi connectivity index (χ3v) is 1.63. The van der Waals surface area contributed by atoms with Gasteiger partial charge in [0.2, 0.25) is 0 Å². The normalized spacial score (nSPS) is 20.1. The number of esters is 1. The van der Waals surface area contributed by atoms with Crippen LogP contribution in [0.15, 0.2) is 12.7 Å². The Morgan fingerprint density at radius 3 is 2.82 bits per heavy atom. The molecule has 11 heavy (non-hydrogen) atoms. The number of hydrogen-bond donors (Lipinski definition) is 0. The lowest BCUT2D eigenvalue weighted by Gasteiger charge is -2.36. The van der Waals surface area contributed by atoms with E-state index in [1.54, 1.807) is 0 Å². The van der Waals surface area contributed by atoms with Gasteiger partial charge in [-0.15, -0.1) is 0 Å². The Morgan fingerprint density at radius 2 is 2.45 bits per heavy atom. The fourth-order valence-electron chi connectivity index (χ4n) is 0.838. The molecule has 1 fully saturated rings. The maximum absolute atomic E-state index is 10.6. The maximum Gasteiger partial charge on any atom is 0.330 e. The highest BCUT2D eigenvalue weighted by atomic mass is 16.5. The van der Waals surface area contributed by atoms with Gasteiger partial charge >= 0.3 is 5.97 Å². The lowest BCUT2D eigenvalue weighted by molar-refractivity contribution is -0.160. The molecule has 0 amide bonds. The van der Waals surface area contributed by atoms with Crippen molar-refractivity contribution >= 4 is 5.97 Å². The molecule has 1 rings (SSSR count). The summed E-state index contributed by atoms with van der Waals surface area (Å²) in [5.41, 5.74) is 0.0403. The van der Waals surface area contributed by atoms with Crippen molar-refractivity contribution in [2.75, 3.05) is 19.8 Å². The van der Waals surface area contributed by atoms with E-state index in [-0.39, 0.29) is 11.4 Å². The zero-order valence-electron chi connectivity index (χ0n) is 6.63. The van der Waals surface area contributed by atoms with Crippen molar-refractivity contribution in [2.45, 2.75) is 6.92 Å². The Hall–Kier alpha value is -0.830. The van der Waals surface area contributed by atoms with Crippen LogP contribution in [0, 0.1) is 5.41 Å². The molecule has 1 aliphatic heterocycles. The van der Waals surface area contributed by atoms with E-state index in [0.29, 0.717) is 19.8 Å². The second-order valence-electron chi connectivity index (χ2n) is 3.12. The lowest BCUT2D eigenvalue weighted by Crippen LogP contribution is -2.43. The van der Waals surface area contributed by atoms with Crippen molar-refractivity contribution in [3.05, 3.63) is 12.7 Å². The average Bonchev–Trinajstić information content (AvgIpc) is 1.96. The van der Waals surface area contributed by atoms with Gasteiger partial charge in [-0.2, -0.15) is 0 Å². The van der Waals surface area contributed by atoms with Gasteiger partial charge in [0, 0.05) is 11.5 Å². The second-order valence-corrected chi connectivity index (χ2v) is 3.12. The molecule has 0 bridgehead atoms. The van der Waals surface area contributed by atoms with Crippen LogP contribution >= 0.6 is 0 Å². The number of rotatable bonds is 3. The Labute approximate surface area is 66.0 Å². The molecule has 1 aliphatic rings. The Kier molecular flexibility index (Phi) is 2.29. The molecule has 1 saturated heterocycles. The number of ether oxygens (including phenoxy) is 2. The third-order valence-electron chi connectivity index (χ3n) is 1.63. The summed E-state index contributed by atoms with van der Waals surface area (Å²) in [4.78, 5) is 10.6. The van der Waals surface area contributed by atoms with Crippen LogP contribution in [0.25, 0.3) is 0 Å². The topological polar surface area (TPSA) is 35.5 Å². The largest absolute Gasteiger partial charge is 0.462 e. The molecule has 0 saturated carbocycles. The van der Waals surface area contributed by atoms with Crippen molar-refractivity contribution < 1.29 is 14.3 Å². The smallest absolute Gasteiger partial charge is 0.330 e. The van der Waals surface area contributed by atoms with E-state index in [0.717, 1.165) is 0 Å². The van der Waals surface area contributed by atoms with Crippen LogP contribution in [0.3, 0.4) is 0 Å². The zero-order chi connectivity index (χ0) is 8.32. The number of hydrogen-bond acceptors (Lipinski definition) is 3. The summed E-state index contributed by atoms with van der Waals surface area (Å²) < 4.78 is 9.85. The first-order valence-corrected chi connectivity index (χ1v) is 3.53. The molecular weight excluding hydrogens is 144 g/mol. The van der Waals surface area contributed by atoms with Crippen LogP contribution in [0.1, 0.15) is 6.92 Å². The van der Waals surface area contributed by atoms with E-state index < -0.39 is 0 Å². The van der Waals surface area contributed by atoms with Crippen molar-refractivity contribution in [1.82, 2.24) is 0 Å². The summed E-state index contributed by atoms with van der Waals surface area (Å²) >= 11 is 0. The highest BCUT2D eigenvalue weighted by Crippen LogP contribution is 2.26. The molecule has 0 aromatic rings. The van der Waals surface area contributed by atoms with E-state index in [2.05, 4.69) is 6.58 Å². The fraction of sp³-hybridized carbons (Fsp3) is 0.625. The Bertz CT molecular complexity index is 170. The quantitative estimate of drug-likeness (QED) is 0.447. The molecule has 0 aromatic heterocycles. The van der Waals surface area contributed by atoms with E-state index >= 15 is 0 Å². The van der Waals surface area contributed by atoms with Crippen LogP contribution in [0.2, 0.25) is 0 Å². The minimum absolute atomic E-state index is 0.0403. The Morgan fingerprint density at radius 1 is 1.82 bits per heavy atom. The lowest BCUT2D eigenvalue weighted by atomic mass is 9.90. The molecule has 3 heteroatoms. The molecule has 0 aliphatic carbocycles. The van der Waals surface area contributed by atoms with Crippen LogP contribution in [0.4, 0.5) is 0 Å². The zero-order valence-corrected chi connectivity index (χ0v) is 6.63. The minimum Gasteiger partial charge on any atom is -0.462 e. The van der Waals surface area contributed by atoms with Crippen LogP contribution in [-0.2, 0) is 14.3 Å². The molecule has 0 unspecified atom stereocenters. The molecule has 0 atom stereocenters. The summed E-state index contributed by atoms with van der Waals surface area (Å²) in [6.07, 6.45) is 1.17. The highest BCUT2D eigenvalue weighted by Gasteiger charge is 2.34. The van der Waals surface area contributed by atoms with Gasteiger partial charge in [-0.05, 0) is 0 Å². The van der Waals surface area contributed by atoms with Crippen LogP contribution in [-0.4, -0.2) is 25.8 Å². The van der Waals surface area contributed by atoms with Gasteiger partial charge in [0.15, 0.2) is 0 Å². The molecule has 0 radical (unpaired) electrons. The first kappa shape index (κ1) is 8.27. The van der Waals surface area contributed by atoms with E-state index in [9.17, 15) is 4.79 Å². The van der Waals surface area contributed by atoms with Gasteiger partial charge < -0.3 is 9.47 Å². The van der Waals surface area contributed by atoms with E-state index in [4.69, 9.17) is 9.47 Å². The molecular formula is C8H12O3. The second kappa shape index (κ2) is 3.05. The molecule has 62 valence electrons. The molecule has 0 spiro atoms. The first-order chi connectivity index (χ1) is 5.16. The monoisotopic (exact) mass is 156 g/mol. The van der Waals surface area contributed by atoms with Gasteiger partial charge in [-0.1, -0.05) is 13.5 Å². The fourth-order valence-corrected chi connectivity index (χ4v) is 0.838. The predicted molar refractivity (Wildman–Crippen MR) is 40.1 cm³/mol. The van der Waals surface area contributed by atoms with Gasteiger partial charge in [0.1, 0.15) is 6.61 Å². The van der Waals surface area contributed by atoms with Crippen LogP contribution in [0.5, 0.6) is 0 Å². The van der Waals surface area contributed by atoms with Crippen molar-refractivity contribution in [2.24, 2.45) is 5.41 Å². The van der Waals surface area contributed by atoms with Gasteiger partial charge in [0.25, 0.3) is 0 Å². The van der Waals surface area contributed by atoms with Gasteiger partial charge in [-0.25, -0.2) is 4.79 Å². The van der Waals surface area contributed by atoms with Crippen molar-refractivity contribution in [3.63, 3.8) is 0 Å². The summed E-state index contributed by atoms with van der Waals surface area (Å²) in [5, 5.41) is 0.